The maximum Gasteiger partial charge on any atom is 0.451 e. The number of amides is 1. The van der Waals surface area contributed by atoms with Gasteiger partial charge in [-0.25, -0.2) is 9.97 Å². The molecule has 0 aliphatic heterocycles. The van der Waals surface area contributed by atoms with E-state index in [1.54, 1.807) is 36.4 Å². The zero-order valence-electron chi connectivity index (χ0n) is 18.7. The Morgan fingerprint density at radius 3 is 2.36 bits per heavy atom. The predicted octanol–water partition coefficient (Wildman–Crippen LogP) is 4.47. The first-order valence-corrected chi connectivity index (χ1v) is 10.6. The summed E-state index contributed by atoms with van der Waals surface area (Å²) in [5.74, 6) is -1.08. The van der Waals surface area contributed by atoms with Crippen LogP contribution < -0.4 is 15.4 Å². The van der Waals surface area contributed by atoms with Gasteiger partial charge in [0.05, 0.1) is 12.6 Å². The molecule has 7 nitrogen and oxygen atoms in total. The van der Waals surface area contributed by atoms with Crippen LogP contribution in [0.25, 0.3) is 10.9 Å². The van der Waals surface area contributed by atoms with Gasteiger partial charge in [-0.15, -0.1) is 0 Å². The van der Waals surface area contributed by atoms with Gasteiger partial charge in [-0.05, 0) is 49.5 Å². The lowest BCUT2D eigenvalue weighted by Gasteiger charge is -2.18. The van der Waals surface area contributed by atoms with Crippen molar-refractivity contribution in [3.63, 3.8) is 0 Å². The molecular weight excluding hydrogens is 435 g/mol. The molecule has 2 N–H and O–H groups in total. The number of nitrogens with one attached hydrogen (secondary N) is 2. The van der Waals surface area contributed by atoms with Crippen molar-refractivity contribution in [3.8, 4) is 5.75 Å². The Bertz CT molecular complexity index is 1100. The lowest BCUT2D eigenvalue weighted by molar-refractivity contribution is -0.144. The van der Waals surface area contributed by atoms with E-state index in [1.165, 1.54) is 13.2 Å². The van der Waals surface area contributed by atoms with E-state index in [2.05, 4.69) is 39.3 Å². The topological polar surface area (TPSA) is 79.4 Å². The van der Waals surface area contributed by atoms with Gasteiger partial charge in [0, 0.05) is 35.8 Å². The molecule has 0 aliphatic rings. The SMILES string of the molecule is CCN(CC)CCNC(=O)c1ccc(Nc2nc(C(F)(F)F)nc3cc(OC)ccc23)cc1. The molecule has 1 heterocycles. The molecule has 1 amide bonds. The summed E-state index contributed by atoms with van der Waals surface area (Å²) in [6.45, 7) is 7.22. The molecule has 0 saturated carbocycles. The Kier molecular flexibility index (Phi) is 7.70. The van der Waals surface area contributed by atoms with Crippen molar-refractivity contribution < 1.29 is 22.7 Å². The summed E-state index contributed by atoms with van der Waals surface area (Å²) in [5.41, 5.74) is 1.04. The fourth-order valence-corrected chi connectivity index (χ4v) is 3.27. The molecule has 0 fully saturated rings. The van der Waals surface area contributed by atoms with Gasteiger partial charge >= 0.3 is 6.18 Å². The fourth-order valence-electron chi connectivity index (χ4n) is 3.27. The molecule has 10 heteroatoms. The van der Waals surface area contributed by atoms with Crippen molar-refractivity contribution in [2.75, 3.05) is 38.6 Å². The minimum Gasteiger partial charge on any atom is -0.497 e. The standard InChI is InChI=1S/C23H26F3N5O2/c1-4-31(5-2)13-12-27-21(32)15-6-8-16(9-7-15)28-20-18-11-10-17(33-3)14-19(18)29-22(30-20)23(24,25)26/h6-11,14H,4-5,12-13H2,1-3H3,(H,27,32)(H,28,29,30). The Labute approximate surface area is 190 Å². The number of anilines is 2. The first-order chi connectivity index (χ1) is 15.7. The van der Waals surface area contributed by atoms with Crippen LogP contribution in [0.2, 0.25) is 0 Å². The van der Waals surface area contributed by atoms with Crippen molar-refractivity contribution in [3.05, 3.63) is 53.9 Å². The predicted molar refractivity (Wildman–Crippen MR) is 121 cm³/mol. The number of carbonyl (C=O) groups is 1. The molecule has 0 atom stereocenters. The van der Waals surface area contributed by atoms with Gasteiger partial charge in [-0.1, -0.05) is 13.8 Å². The second kappa shape index (κ2) is 10.5. The maximum absolute atomic E-state index is 13.3. The number of nitrogens with zero attached hydrogens (tertiary/aromatic N) is 3. The number of alkyl halides is 3. The van der Waals surface area contributed by atoms with E-state index in [9.17, 15) is 18.0 Å². The molecule has 3 rings (SSSR count). The summed E-state index contributed by atoms with van der Waals surface area (Å²) >= 11 is 0. The highest BCUT2D eigenvalue weighted by molar-refractivity contribution is 5.95. The third-order valence-corrected chi connectivity index (χ3v) is 5.18. The average Bonchev–Trinajstić information content (AvgIpc) is 2.81. The Hall–Kier alpha value is -3.40. The van der Waals surface area contributed by atoms with Crippen molar-refractivity contribution in [2.45, 2.75) is 20.0 Å². The van der Waals surface area contributed by atoms with Crippen LogP contribution >= 0.6 is 0 Å². The van der Waals surface area contributed by atoms with E-state index in [0.717, 1.165) is 19.6 Å². The third kappa shape index (κ3) is 6.10. The van der Waals surface area contributed by atoms with Gasteiger partial charge in [0.15, 0.2) is 0 Å². The summed E-state index contributed by atoms with van der Waals surface area (Å²) in [7, 11) is 1.42. The van der Waals surface area contributed by atoms with Crippen LogP contribution in [0.4, 0.5) is 24.7 Å². The molecule has 176 valence electrons. The van der Waals surface area contributed by atoms with Crippen LogP contribution in [-0.2, 0) is 6.18 Å². The van der Waals surface area contributed by atoms with E-state index in [-0.39, 0.29) is 17.2 Å². The zero-order valence-corrected chi connectivity index (χ0v) is 18.7. The van der Waals surface area contributed by atoms with Crippen LogP contribution in [0.15, 0.2) is 42.5 Å². The van der Waals surface area contributed by atoms with E-state index in [1.807, 2.05) is 0 Å². The van der Waals surface area contributed by atoms with Gasteiger partial charge in [0.1, 0.15) is 11.6 Å². The second-order valence-electron chi connectivity index (χ2n) is 7.26. The number of methoxy groups -OCH3 is 1. The minimum absolute atomic E-state index is 0.00593. The fraction of sp³-hybridized carbons (Fsp3) is 0.348. The number of hydrogen-bond acceptors (Lipinski definition) is 6. The van der Waals surface area contributed by atoms with E-state index < -0.39 is 12.0 Å². The van der Waals surface area contributed by atoms with Crippen LogP contribution in [0, 0.1) is 0 Å². The first-order valence-electron chi connectivity index (χ1n) is 10.6. The van der Waals surface area contributed by atoms with Crippen molar-refractivity contribution in [1.82, 2.24) is 20.2 Å². The largest absolute Gasteiger partial charge is 0.497 e. The Morgan fingerprint density at radius 1 is 1.06 bits per heavy atom. The van der Waals surface area contributed by atoms with Gasteiger partial charge in [-0.3, -0.25) is 4.79 Å². The molecule has 0 spiro atoms. The van der Waals surface area contributed by atoms with Gasteiger partial charge < -0.3 is 20.3 Å². The summed E-state index contributed by atoms with van der Waals surface area (Å²) in [5, 5.41) is 6.18. The highest BCUT2D eigenvalue weighted by atomic mass is 19.4. The smallest absolute Gasteiger partial charge is 0.451 e. The summed E-state index contributed by atoms with van der Waals surface area (Å²) < 4.78 is 45.1. The number of carbonyl (C=O) groups excluding carboxylic acids is 1. The third-order valence-electron chi connectivity index (χ3n) is 5.18. The van der Waals surface area contributed by atoms with Crippen LogP contribution in [-0.4, -0.2) is 54.1 Å². The number of aromatic nitrogens is 2. The van der Waals surface area contributed by atoms with E-state index in [0.29, 0.717) is 28.9 Å². The lowest BCUT2D eigenvalue weighted by Crippen LogP contribution is -2.34. The summed E-state index contributed by atoms with van der Waals surface area (Å²) in [6.07, 6.45) is -4.71. The molecule has 3 aromatic rings. The number of benzene rings is 2. The molecule has 1 aromatic heterocycles. The van der Waals surface area contributed by atoms with Crippen LogP contribution in [0.1, 0.15) is 30.0 Å². The van der Waals surface area contributed by atoms with Crippen molar-refractivity contribution in [2.24, 2.45) is 0 Å². The number of likely N-dealkylation sites (N-methyl/N-ethyl adjacent to an activating group) is 1. The Morgan fingerprint density at radius 2 is 1.76 bits per heavy atom. The molecule has 2 aromatic carbocycles. The zero-order chi connectivity index (χ0) is 24.0. The lowest BCUT2D eigenvalue weighted by atomic mass is 10.1. The molecular formula is C23H26F3N5O2. The first kappa shape index (κ1) is 24.2. The maximum atomic E-state index is 13.3. The van der Waals surface area contributed by atoms with Crippen molar-refractivity contribution in [1.29, 1.82) is 0 Å². The molecule has 0 unspecified atom stereocenters. The Balaban J connectivity index is 1.79. The molecule has 33 heavy (non-hydrogen) atoms. The van der Waals surface area contributed by atoms with Gasteiger partial charge in [0.25, 0.3) is 5.91 Å². The van der Waals surface area contributed by atoms with Crippen LogP contribution in [0.3, 0.4) is 0 Å². The minimum atomic E-state index is -4.71. The summed E-state index contributed by atoms with van der Waals surface area (Å²) in [4.78, 5) is 21.9. The molecule has 0 saturated heterocycles. The van der Waals surface area contributed by atoms with Gasteiger partial charge in [-0.2, -0.15) is 13.2 Å². The second-order valence-corrected chi connectivity index (χ2v) is 7.26. The quantitative estimate of drug-likeness (QED) is 0.490. The molecule has 0 aliphatic carbocycles. The number of hydrogen-bond donors (Lipinski definition) is 2. The monoisotopic (exact) mass is 461 g/mol. The van der Waals surface area contributed by atoms with Gasteiger partial charge in [0.2, 0.25) is 5.82 Å². The molecule has 0 bridgehead atoms. The van der Waals surface area contributed by atoms with E-state index in [4.69, 9.17) is 4.74 Å². The number of ether oxygens (including phenoxy) is 1. The number of fused-ring (bicyclic) bond motifs is 1. The number of rotatable bonds is 9. The van der Waals surface area contributed by atoms with Crippen LogP contribution in [0.5, 0.6) is 5.75 Å². The van der Waals surface area contributed by atoms with Crippen molar-refractivity contribution >= 4 is 28.3 Å². The normalized spacial score (nSPS) is 11.6. The highest BCUT2D eigenvalue weighted by Crippen LogP contribution is 2.32. The molecule has 0 radical (unpaired) electrons. The average molecular weight is 461 g/mol. The highest BCUT2D eigenvalue weighted by Gasteiger charge is 2.35. The summed E-state index contributed by atoms with van der Waals surface area (Å²) in [6, 6.07) is 11.1. The number of halogens is 3. The van der Waals surface area contributed by atoms with E-state index >= 15 is 0 Å².